The smallest absolute Gasteiger partial charge is 0.181 e. The molecular weight excluding hydrogens is 399 g/mol. The number of fused-ring (bicyclic) bond motifs is 2. The van der Waals surface area contributed by atoms with Crippen LogP contribution in [0, 0.1) is 5.13 Å². The van der Waals surface area contributed by atoms with Gasteiger partial charge in [-0.05, 0) is 48.0 Å². The van der Waals surface area contributed by atoms with Crippen molar-refractivity contribution in [2.45, 2.75) is 0 Å². The minimum absolute atomic E-state index is 0.208. The Labute approximate surface area is 173 Å². The zero-order valence-electron chi connectivity index (χ0n) is 15.4. The highest BCUT2D eigenvalue weighted by molar-refractivity contribution is 7.14. The molecule has 0 aliphatic heterocycles. The summed E-state index contributed by atoms with van der Waals surface area (Å²) in [4.78, 5) is 17.2. The molecule has 0 unspecified atom stereocenters. The Bertz CT molecular complexity index is 1520. The molecule has 6 aromatic rings. The topological polar surface area (TPSA) is 83.1 Å². The van der Waals surface area contributed by atoms with Gasteiger partial charge in [0.05, 0.1) is 11.4 Å². The Morgan fingerprint density at radius 1 is 0.867 bits per heavy atom. The first-order valence-electron chi connectivity index (χ1n) is 9.24. The van der Waals surface area contributed by atoms with Gasteiger partial charge in [0.25, 0.3) is 0 Å². The quantitative estimate of drug-likeness (QED) is 0.406. The lowest BCUT2D eigenvalue weighted by Crippen LogP contribution is -1.83. The maximum atomic E-state index is 13.6. The molecule has 2 N–H and O–H groups in total. The molecule has 6 heterocycles. The number of pyridine rings is 3. The summed E-state index contributed by atoms with van der Waals surface area (Å²) in [7, 11) is 0. The van der Waals surface area contributed by atoms with Crippen molar-refractivity contribution in [3.8, 4) is 33.0 Å². The summed E-state index contributed by atoms with van der Waals surface area (Å²) in [5.74, 6) is 0. The molecular formula is C22H13FN6S. The van der Waals surface area contributed by atoms with E-state index in [1.807, 2.05) is 24.3 Å². The van der Waals surface area contributed by atoms with Crippen molar-refractivity contribution in [3.63, 3.8) is 0 Å². The molecule has 0 fully saturated rings. The van der Waals surface area contributed by atoms with E-state index in [1.54, 1.807) is 30.9 Å². The summed E-state index contributed by atoms with van der Waals surface area (Å²) in [5.41, 5.74) is 6.00. The molecule has 0 amide bonds. The zero-order valence-corrected chi connectivity index (χ0v) is 16.2. The fraction of sp³-hybridized carbons (Fsp3) is 0. The fourth-order valence-corrected chi connectivity index (χ4v) is 4.41. The lowest BCUT2D eigenvalue weighted by molar-refractivity contribution is 0.657. The van der Waals surface area contributed by atoms with E-state index < -0.39 is 0 Å². The van der Waals surface area contributed by atoms with E-state index in [1.165, 1.54) is 6.07 Å². The molecule has 0 atom stereocenters. The first-order chi connectivity index (χ1) is 14.8. The first-order valence-corrected chi connectivity index (χ1v) is 10.1. The standard InChI is InChI=1S/C22H13FN6S/c23-19-2-1-18(30-19)14-5-8-25-21-15(14)10-17(27-21)20-16-9-13(11-26-22(16)29-28-20)12-3-6-24-7-4-12/h1-11H,(H,25,27)(H,26,28,29). The highest BCUT2D eigenvalue weighted by Crippen LogP contribution is 2.36. The highest BCUT2D eigenvalue weighted by Gasteiger charge is 2.15. The van der Waals surface area contributed by atoms with Gasteiger partial charge in [0, 0.05) is 51.6 Å². The summed E-state index contributed by atoms with van der Waals surface area (Å²) in [5, 5.41) is 9.06. The second kappa shape index (κ2) is 6.57. The molecule has 0 saturated carbocycles. The van der Waals surface area contributed by atoms with Gasteiger partial charge in [-0.25, -0.2) is 9.97 Å². The largest absolute Gasteiger partial charge is 0.338 e. The third-order valence-corrected chi connectivity index (χ3v) is 5.97. The van der Waals surface area contributed by atoms with Crippen molar-refractivity contribution < 1.29 is 4.39 Å². The third-order valence-electron chi connectivity index (χ3n) is 5.06. The van der Waals surface area contributed by atoms with E-state index in [4.69, 9.17) is 0 Å². The minimum Gasteiger partial charge on any atom is -0.338 e. The highest BCUT2D eigenvalue weighted by atomic mass is 32.1. The zero-order chi connectivity index (χ0) is 20.1. The SMILES string of the molecule is Fc1ccc(-c2ccnc3[nH]c(-c4[nH]nc5ncc(-c6ccncc6)cc45)cc23)s1. The Morgan fingerprint density at radius 3 is 2.60 bits per heavy atom. The number of halogens is 1. The van der Waals surface area contributed by atoms with Gasteiger partial charge >= 0.3 is 0 Å². The van der Waals surface area contributed by atoms with E-state index in [-0.39, 0.29) is 5.13 Å². The number of aromatic amines is 2. The van der Waals surface area contributed by atoms with Gasteiger partial charge in [-0.1, -0.05) is 0 Å². The normalized spacial score (nSPS) is 11.5. The number of nitrogens with zero attached hydrogens (tertiary/aromatic N) is 4. The molecule has 30 heavy (non-hydrogen) atoms. The van der Waals surface area contributed by atoms with E-state index in [0.29, 0.717) is 5.65 Å². The van der Waals surface area contributed by atoms with Crippen LogP contribution in [0.5, 0.6) is 0 Å². The van der Waals surface area contributed by atoms with Crippen LogP contribution >= 0.6 is 11.3 Å². The average Bonchev–Trinajstić information content (AvgIpc) is 3.51. The van der Waals surface area contributed by atoms with Crippen molar-refractivity contribution in [1.29, 1.82) is 0 Å². The van der Waals surface area contributed by atoms with Gasteiger partial charge in [-0.15, -0.1) is 11.3 Å². The van der Waals surface area contributed by atoms with E-state index in [0.717, 1.165) is 60.7 Å². The number of aromatic nitrogens is 6. The first kappa shape index (κ1) is 17.0. The molecule has 0 aliphatic rings. The maximum absolute atomic E-state index is 13.6. The molecule has 0 bridgehead atoms. The maximum Gasteiger partial charge on any atom is 0.181 e. The van der Waals surface area contributed by atoms with Crippen LogP contribution in [0.1, 0.15) is 0 Å². The van der Waals surface area contributed by atoms with E-state index >= 15 is 0 Å². The van der Waals surface area contributed by atoms with Gasteiger partial charge in [0.1, 0.15) is 5.65 Å². The van der Waals surface area contributed by atoms with Gasteiger partial charge in [0.2, 0.25) is 0 Å². The van der Waals surface area contributed by atoms with Crippen molar-refractivity contribution in [2.75, 3.05) is 0 Å². The second-order valence-corrected chi connectivity index (χ2v) is 7.87. The van der Waals surface area contributed by atoms with Gasteiger partial charge in [-0.3, -0.25) is 10.1 Å². The number of rotatable bonds is 3. The van der Waals surface area contributed by atoms with Crippen LogP contribution < -0.4 is 0 Å². The monoisotopic (exact) mass is 412 g/mol. The summed E-state index contributed by atoms with van der Waals surface area (Å²) in [6.45, 7) is 0. The van der Waals surface area contributed by atoms with Crippen LogP contribution in [0.4, 0.5) is 4.39 Å². The Morgan fingerprint density at radius 2 is 1.77 bits per heavy atom. The van der Waals surface area contributed by atoms with E-state index in [9.17, 15) is 4.39 Å². The molecule has 6 aromatic heterocycles. The summed E-state index contributed by atoms with van der Waals surface area (Å²) >= 11 is 1.12. The Hall–Kier alpha value is -3.91. The van der Waals surface area contributed by atoms with Gasteiger partial charge in [-0.2, -0.15) is 9.49 Å². The van der Waals surface area contributed by atoms with Crippen LogP contribution in [-0.4, -0.2) is 30.1 Å². The molecule has 0 saturated heterocycles. The molecule has 0 spiro atoms. The average molecular weight is 412 g/mol. The van der Waals surface area contributed by atoms with Gasteiger partial charge in [0.15, 0.2) is 10.8 Å². The number of hydrogen-bond acceptors (Lipinski definition) is 5. The van der Waals surface area contributed by atoms with Crippen LogP contribution in [0.15, 0.2) is 67.3 Å². The number of thiophene rings is 1. The minimum atomic E-state index is -0.208. The molecule has 0 aromatic carbocycles. The Kier molecular flexibility index (Phi) is 3.72. The number of H-pyrrole nitrogens is 2. The number of nitrogens with one attached hydrogen (secondary N) is 2. The molecule has 8 heteroatoms. The van der Waals surface area contributed by atoms with Crippen molar-refractivity contribution in [2.24, 2.45) is 0 Å². The fourth-order valence-electron chi connectivity index (χ4n) is 3.64. The van der Waals surface area contributed by atoms with Crippen LogP contribution in [-0.2, 0) is 0 Å². The molecule has 6 nitrogen and oxygen atoms in total. The predicted molar refractivity (Wildman–Crippen MR) is 115 cm³/mol. The second-order valence-electron chi connectivity index (χ2n) is 6.84. The van der Waals surface area contributed by atoms with Gasteiger partial charge < -0.3 is 4.98 Å². The van der Waals surface area contributed by atoms with Crippen LogP contribution in [0.25, 0.3) is 55.0 Å². The summed E-state index contributed by atoms with van der Waals surface area (Å²) < 4.78 is 13.6. The van der Waals surface area contributed by atoms with Crippen LogP contribution in [0.2, 0.25) is 0 Å². The predicted octanol–water partition coefficient (Wildman–Crippen LogP) is 5.43. The molecule has 0 radical (unpaired) electrons. The lowest BCUT2D eigenvalue weighted by Gasteiger charge is -2.01. The molecule has 144 valence electrons. The molecule has 6 rings (SSSR count). The summed E-state index contributed by atoms with van der Waals surface area (Å²) in [6.07, 6.45) is 7.05. The third kappa shape index (κ3) is 2.69. The lowest BCUT2D eigenvalue weighted by atomic mass is 10.1. The van der Waals surface area contributed by atoms with Crippen molar-refractivity contribution >= 4 is 33.4 Å². The van der Waals surface area contributed by atoms with E-state index in [2.05, 4.69) is 36.2 Å². The number of hydrogen-bond donors (Lipinski definition) is 2. The van der Waals surface area contributed by atoms with Crippen molar-refractivity contribution in [1.82, 2.24) is 30.1 Å². The molecule has 0 aliphatic carbocycles. The Balaban J connectivity index is 1.52. The summed E-state index contributed by atoms with van der Waals surface area (Å²) in [6, 6.07) is 13.1. The van der Waals surface area contributed by atoms with Crippen LogP contribution in [0.3, 0.4) is 0 Å². The van der Waals surface area contributed by atoms with Crippen molar-refractivity contribution in [3.05, 3.63) is 72.4 Å².